The highest BCUT2D eigenvalue weighted by Crippen LogP contribution is 2.30. The maximum atomic E-state index is 14.1. The molecule has 0 saturated heterocycles. The smallest absolute Gasteiger partial charge is 0.221 e. The second kappa shape index (κ2) is 8.03. The van der Waals surface area contributed by atoms with Crippen LogP contribution in [0.4, 0.5) is 4.39 Å². The predicted octanol–water partition coefficient (Wildman–Crippen LogP) is 6.06. The molecule has 0 spiro atoms. The number of hydrogen-bond donors (Lipinski definition) is 0. The minimum atomic E-state index is -0.433. The Balaban J connectivity index is 1.54. The largest absolute Gasteiger partial charge is 0.494 e. The summed E-state index contributed by atoms with van der Waals surface area (Å²) in [6.45, 7) is 2.98. The minimum Gasteiger partial charge on any atom is -0.494 e. The highest BCUT2D eigenvalue weighted by Gasteiger charge is 2.25. The van der Waals surface area contributed by atoms with Crippen LogP contribution in [0, 0.1) is 5.82 Å². The molecule has 142 valence electrons. The molecule has 0 fully saturated rings. The Morgan fingerprint density at radius 3 is 2.36 bits per heavy atom. The van der Waals surface area contributed by atoms with Gasteiger partial charge in [-0.1, -0.05) is 54.1 Å². The molecule has 1 unspecified atom stereocenters. The van der Waals surface area contributed by atoms with E-state index in [0.717, 1.165) is 22.4 Å². The van der Waals surface area contributed by atoms with Gasteiger partial charge in [0.1, 0.15) is 24.2 Å². The van der Waals surface area contributed by atoms with E-state index >= 15 is 0 Å². The second-order valence-corrected chi connectivity index (χ2v) is 6.84. The topological polar surface area (TPSA) is 30.8 Å². The molecule has 1 heterocycles. The Kier molecular flexibility index (Phi) is 5.31. The van der Waals surface area contributed by atoms with Crippen LogP contribution in [-0.2, 0) is 4.74 Å². The van der Waals surface area contributed by atoms with Crippen LogP contribution in [0.2, 0.25) is 5.02 Å². The molecule has 1 atom stereocenters. The van der Waals surface area contributed by atoms with Crippen LogP contribution in [0.25, 0.3) is 11.1 Å². The molecule has 1 aliphatic rings. The van der Waals surface area contributed by atoms with E-state index < -0.39 is 5.82 Å². The molecule has 0 bridgehead atoms. The summed E-state index contributed by atoms with van der Waals surface area (Å²) in [6, 6.07) is 20.5. The van der Waals surface area contributed by atoms with Crippen molar-refractivity contribution in [3.05, 3.63) is 88.7 Å². The lowest BCUT2D eigenvalue weighted by Gasteiger charge is -2.08. The highest BCUT2D eigenvalue weighted by molar-refractivity contribution is 6.33. The number of hydrogen-bond acceptors (Lipinski definition) is 3. The average Bonchev–Trinajstić information content (AvgIpc) is 3.19. The van der Waals surface area contributed by atoms with Gasteiger partial charge in [-0.2, -0.15) is 0 Å². The summed E-state index contributed by atoms with van der Waals surface area (Å²) < 4.78 is 25.2. The summed E-state index contributed by atoms with van der Waals surface area (Å²) in [6.07, 6.45) is 0. The van der Waals surface area contributed by atoms with E-state index in [4.69, 9.17) is 21.1 Å². The fourth-order valence-corrected chi connectivity index (χ4v) is 3.44. The molecule has 3 aromatic rings. The lowest BCUT2D eigenvalue weighted by atomic mass is 10.0. The van der Waals surface area contributed by atoms with E-state index in [2.05, 4.69) is 17.1 Å². The molecule has 28 heavy (non-hydrogen) atoms. The zero-order valence-electron chi connectivity index (χ0n) is 15.4. The SMILES string of the molecule is CCOc1ccc(-c2ccc(C3COC(c4c(F)cccc4Cl)=N3)cc2)cc1. The standard InChI is InChI=1S/C23H19ClFNO2/c1-2-27-18-12-10-16(11-13-18)15-6-8-17(9-7-15)21-14-28-23(26-21)22-19(24)4-3-5-20(22)25/h3-13,21H,2,14H2,1H3. The van der Waals surface area contributed by atoms with Gasteiger partial charge in [0.15, 0.2) is 0 Å². The zero-order chi connectivity index (χ0) is 19.5. The monoisotopic (exact) mass is 395 g/mol. The molecule has 0 radical (unpaired) electrons. The summed E-state index contributed by atoms with van der Waals surface area (Å²) in [4.78, 5) is 4.54. The molecule has 0 N–H and O–H groups in total. The van der Waals surface area contributed by atoms with Gasteiger partial charge in [0, 0.05) is 0 Å². The van der Waals surface area contributed by atoms with Crippen molar-refractivity contribution in [3.8, 4) is 16.9 Å². The minimum absolute atomic E-state index is 0.181. The molecule has 0 amide bonds. The van der Waals surface area contributed by atoms with Crippen molar-refractivity contribution in [3.63, 3.8) is 0 Å². The van der Waals surface area contributed by atoms with Crippen LogP contribution in [0.3, 0.4) is 0 Å². The molecule has 1 aliphatic heterocycles. The molecule has 4 rings (SSSR count). The summed E-state index contributed by atoms with van der Waals surface area (Å²) in [5, 5.41) is 0.297. The first-order chi connectivity index (χ1) is 13.7. The van der Waals surface area contributed by atoms with Crippen molar-refractivity contribution in [2.24, 2.45) is 4.99 Å². The van der Waals surface area contributed by atoms with Gasteiger partial charge in [-0.3, -0.25) is 0 Å². The Morgan fingerprint density at radius 1 is 1.04 bits per heavy atom. The van der Waals surface area contributed by atoms with Crippen molar-refractivity contribution < 1.29 is 13.9 Å². The second-order valence-electron chi connectivity index (χ2n) is 6.44. The fraction of sp³-hybridized carbons (Fsp3) is 0.174. The quantitative estimate of drug-likeness (QED) is 0.525. The molecular formula is C23H19ClFNO2. The third kappa shape index (κ3) is 3.73. The van der Waals surface area contributed by atoms with Crippen molar-refractivity contribution >= 4 is 17.5 Å². The van der Waals surface area contributed by atoms with E-state index in [1.54, 1.807) is 12.1 Å². The van der Waals surface area contributed by atoms with Crippen LogP contribution >= 0.6 is 11.6 Å². The number of rotatable bonds is 5. The first-order valence-electron chi connectivity index (χ1n) is 9.14. The van der Waals surface area contributed by atoms with Crippen LogP contribution in [0.15, 0.2) is 71.7 Å². The molecule has 0 aromatic heterocycles. The summed E-state index contributed by atoms with van der Waals surface area (Å²) in [5.41, 5.74) is 3.45. The zero-order valence-corrected chi connectivity index (χ0v) is 16.1. The third-order valence-electron chi connectivity index (χ3n) is 4.62. The van der Waals surface area contributed by atoms with Gasteiger partial charge in [0.05, 0.1) is 17.2 Å². The molecule has 3 nitrogen and oxygen atoms in total. The number of aliphatic imine (C=N–C) groups is 1. The molecule has 3 aromatic carbocycles. The Morgan fingerprint density at radius 2 is 1.71 bits per heavy atom. The Hall–Kier alpha value is -2.85. The van der Waals surface area contributed by atoms with Gasteiger partial charge >= 0.3 is 0 Å². The first-order valence-corrected chi connectivity index (χ1v) is 9.51. The lowest BCUT2D eigenvalue weighted by molar-refractivity contribution is 0.319. The molecule has 5 heteroatoms. The summed E-state index contributed by atoms with van der Waals surface area (Å²) in [7, 11) is 0. The highest BCUT2D eigenvalue weighted by atomic mass is 35.5. The summed E-state index contributed by atoms with van der Waals surface area (Å²) >= 11 is 6.11. The van der Waals surface area contributed by atoms with E-state index in [0.29, 0.717) is 18.2 Å². The summed E-state index contributed by atoms with van der Waals surface area (Å²) in [5.74, 6) is 0.682. The van der Waals surface area contributed by atoms with Gasteiger partial charge in [-0.25, -0.2) is 9.38 Å². The Labute approximate surface area is 168 Å². The van der Waals surface area contributed by atoms with Gasteiger partial charge < -0.3 is 9.47 Å². The van der Waals surface area contributed by atoms with E-state index in [-0.39, 0.29) is 17.5 Å². The normalized spacial score (nSPS) is 15.8. The van der Waals surface area contributed by atoms with E-state index in [1.807, 2.05) is 43.3 Å². The van der Waals surface area contributed by atoms with Crippen LogP contribution in [0.1, 0.15) is 24.1 Å². The molecule has 0 aliphatic carbocycles. The maximum Gasteiger partial charge on any atom is 0.221 e. The van der Waals surface area contributed by atoms with Gasteiger partial charge in [0.25, 0.3) is 0 Å². The van der Waals surface area contributed by atoms with Crippen LogP contribution in [0.5, 0.6) is 5.75 Å². The average molecular weight is 396 g/mol. The van der Waals surface area contributed by atoms with E-state index in [9.17, 15) is 4.39 Å². The van der Waals surface area contributed by atoms with E-state index in [1.165, 1.54) is 6.07 Å². The van der Waals surface area contributed by atoms with Crippen LogP contribution in [-0.4, -0.2) is 19.1 Å². The lowest BCUT2D eigenvalue weighted by Crippen LogP contribution is -2.05. The number of ether oxygens (including phenoxy) is 2. The number of benzene rings is 3. The van der Waals surface area contributed by atoms with Crippen molar-refractivity contribution in [2.45, 2.75) is 13.0 Å². The number of halogens is 2. The third-order valence-corrected chi connectivity index (χ3v) is 4.94. The van der Waals surface area contributed by atoms with Crippen LogP contribution < -0.4 is 4.74 Å². The maximum absolute atomic E-state index is 14.1. The fourth-order valence-electron chi connectivity index (χ4n) is 3.19. The van der Waals surface area contributed by atoms with Crippen molar-refractivity contribution in [1.82, 2.24) is 0 Å². The van der Waals surface area contributed by atoms with Gasteiger partial charge in [-0.05, 0) is 47.9 Å². The first kappa shape index (κ1) is 18.5. The molecular weight excluding hydrogens is 377 g/mol. The van der Waals surface area contributed by atoms with Gasteiger partial charge in [-0.15, -0.1) is 0 Å². The Bertz CT molecular complexity index is 980. The number of nitrogens with zero attached hydrogens (tertiary/aromatic N) is 1. The predicted molar refractivity (Wildman–Crippen MR) is 110 cm³/mol. The van der Waals surface area contributed by atoms with Crippen molar-refractivity contribution in [1.29, 1.82) is 0 Å². The van der Waals surface area contributed by atoms with Gasteiger partial charge in [0.2, 0.25) is 5.90 Å². The van der Waals surface area contributed by atoms with Crippen molar-refractivity contribution in [2.75, 3.05) is 13.2 Å². The molecule has 0 saturated carbocycles.